The van der Waals surface area contributed by atoms with Gasteiger partial charge in [0.15, 0.2) is 5.82 Å². The van der Waals surface area contributed by atoms with E-state index in [0.29, 0.717) is 28.7 Å². The van der Waals surface area contributed by atoms with E-state index in [2.05, 4.69) is 37.4 Å². The van der Waals surface area contributed by atoms with Crippen molar-refractivity contribution in [1.29, 1.82) is 0 Å². The second-order valence-corrected chi connectivity index (χ2v) is 10.9. The van der Waals surface area contributed by atoms with Crippen molar-refractivity contribution >= 4 is 34.5 Å². The molecule has 0 aliphatic heterocycles. The zero-order valence-electron chi connectivity index (χ0n) is 24.6. The summed E-state index contributed by atoms with van der Waals surface area (Å²) >= 11 is 0. The highest BCUT2D eigenvalue weighted by molar-refractivity contribution is 6.10. The van der Waals surface area contributed by atoms with Crippen molar-refractivity contribution in [3.63, 3.8) is 0 Å². The molecule has 0 radical (unpaired) electrons. The van der Waals surface area contributed by atoms with Gasteiger partial charge in [-0.25, -0.2) is 14.8 Å². The predicted molar refractivity (Wildman–Crippen MR) is 167 cm³/mol. The lowest BCUT2D eigenvalue weighted by atomic mass is 9.90. The van der Waals surface area contributed by atoms with Gasteiger partial charge in [0.25, 0.3) is 0 Å². The number of pyridine rings is 2. The number of ether oxygens (including phenoxy) is 2. The Kier molecular flexibility index (Phi) is 7.94. The highest BCUT2D eigenvalue weighted by Gasteiger charge is 2.22. The lowest BCUT2D eigenvalue weighted by Crippen LogP contribution is -2.27. The summed E-state index contributed by atoms with van der Waals surface area (Å²) in [6, 6.07) is 18.9. The number of rotatable bonds is 7. The standard InChI is InChI=1S/C33H32N6O4/c1-7-27(40)36-26-17-19(2)24(18-34-26)23-15-16-25-30(31(39-38-25)37-32(41)43-33(4,5)6)29(23)21-11-13-22(14-12-21)42-28-10-8-9-20(3)35-28/h7-18H,1H2,2-6H3,(H,34,36,40)(H2,37,38,39,41). The van der Waals surface area contributed by atoms with Crippen LogP contribution in [0.3, 0.4) is 0 Å². The van der Waals surface area contributed by atoms with E-state index < -0.39 is 11.7 Å². The Balaban J connectivity index is 1.62. The molecule has 0 aliphatic rings. The summed E-state index contributed by atoms with van der Waals surface area (Å²) in [5, 5.41) is 13.6. The Morgan fingerprint density at radius 2 is 1.74 bits per heavy atom. The number of hydrogen-bond acceptors (Lipinski definition) is 7. The molecule has 0 atom stereocenters. The Bertz CT molecular complexity index is 1840. The molecule has 0 aliphatic carbocycles. The van der Waals surface area contributed by atoms with Gasteiger partial charge in [0.05, 0.1) is 10.9 Å². The molecule has 43 heavy (non-hydrogen) atoms. The maximum Gasteiger partial charge on any atom is 0.413 e. The number of aryl methyl sites for hydroxylation is 2. The fourth-order valence-corrected chi connectivity index (χ4v) is 4.60. The summed E-state index contributed by atoms with van der Waals surface area (Å²) in [6.45, 7) is 12.7. The molecule has 2 aromatic carbocycles. The van der Waals surface area contributed by atoms with E-state index in [0.717, 1.165) is 39.0 Å². The molecule has 5 rings (SSSR count). The first-order valence-electron chi connectivity index (χ1n) is 13.6. The number of nitrogens with zero attached hydrogens (tertiary/aromatic N) is 3. The molecule has 0 saturated heterocycles. The van der Waals surface area contributed by atoms with Crippen molar-refractivity contribution in [3.05, 3.63) is 90.8 Å². The first-order chi connectivity index (χ1) is 20.5. The predicted octanol–water partition coefficient (Wildman–Crippen LogP) is 7.57. The number of amides is 2. The molecule has 218 valence electrons. The van der Waals surface area contributed by atoms with Crippen LogP contribution in [0.4, 0.5) is 16.4 Å². The molecular weight excluding hydrogens is 544 g/mol. The molecule has 5 aromatic rings. The third kappa shape index (κ3) is 6.70. The van der Waals surface area contributed by atoms with Gasteiger partial charge in [-0.15, -0.1) is 0 Å². The van der Waals surface area contributed by atoms with Crippen molar-refractivity contribution in [2.24, 2.45) is 0 Å². The monoisotopic (exact) mass is 576 g/mol. The van der Waals surface area contributed by atoms with E-state index in [1.807, 2.05) is 62.4 Å². The first-order valence-corrected chi connectivity index (χ1v) is 13.6. The van der Waals surface area contributed by atoms with Gasteiger partial charge < -0.3 is 14.8 Å². The van der Waals surface area contributed by atoms with Gasteiger partial charge in [0, 0.05) is 29.1 Å². The van der Waals surface area contributed by atoms with Gasteiger partial charge in [-0.2, -0.15) is 5.10 Å². The molecule has 3 N–H and O–H groups in total. The van der Waals surface area contributed by atoms with Crippen LogP contribution in [0, 0.1) is 13.8 Å². The number of aromatic amines is 1. The summed E-state index contributed by atoms with van der Waals surface area (Å²) < 4.78 is 11.5. The van der Waals surface area contributed by atoms with Crippen LogP contribution in [-0.4, -0.2) is 37.8 Å². The third-order valence-corrected chi connectivity index (χ3v) is 6.42. The molecule has 0 unspecified atom stereocenters. The number of aromatic nitrogens is 4. The van der Waals surface area contributed by atoms with Crippen molar-refractivity contribution in [1.82, 2.24) is 20.2 Å². The quantitative estimate of drug-likeness (QED) is 0.170. The van der Waals surface area contributed by atoms with Gasteiger partial charge in [0.2, 0.25) is 11.8 Å². The van der Waals surface area contributed by atoms with Gasteiger partial charge in [-0.3, -0.25) is 15.2 Å². The zero-order chi connectivity index (χ0) is 30.7. The largest absolute Gasteiger partial charge is 0.444 e. The number of carbonyl (C=O) groups is 2. The number of fused-ring (bicyclic) bond motifs is 1. The molecule has 0 spiro atoms. The van der Waals surface area contributed by atoms with E-state index in [-0.39, 0.29) is 5.91 Å². The molecular formula is C33H32N6O4. The van der Waals surface area contributed by atoms with E-state index in [9.17, 15) is 9.59 Å². The van der Waals surface area contributed by atoms with Crippen LogP contribution in [-0.2, 0) is 9.53 Å². The molecule has 0 bridgehead atoms. The minimum absolute atomic E-state index is 0.325. The lowest BCUT2D eigenvalue weighted by Gasteiger charge is -2.19. The Hall–Kier alpha value is -5.51. The fourth-order valence-electron chi connectivity index (χ4n) is 4.60. The Morgan fingerprint density at radius 1 is 0.977 bits per heavy atom. The van der Waals surface area contributed by atoms with Crippen LogP contribution in [0.5, 0.6) is 11.6 Å². The zero-order valence-corrected chi connectivity index (χ0v) is 24.6. The highest BCUT2D eigenvalue weighted by Crippen LogP contribution is 2.42. The van der Waals surface area contributed by atoms with Crippen molar-refractivity contribution in [2.45, 2.75) is 40.2 Å². The Morgan fingerprint density at radius 3 is 2.42 bits per heavy atom. The normalized spacial score (nSPS) is 11.2. The number of nitrogens with one attached hydrogen (secondary N) is 3. The van der Waals surface area contributed by atoms with Crippen LogP contribution < -0.4 is 15.4 Å². The highest BCUT2D eigenvalue weighted by atomic mass is 16.6. The summed E-state index contributed by atoms with van der Waals surface area (Å²) in [6.07, 6.45) is 2.28. The number of benzene rings is 2. The summed E-state index contributed by atoms with van der Waals surface area (Å²) in [5.41, 5.74) is 5.11. The van der Waals surface area contributed by atoms with Crippen LogP contribution >= 0.6 is 0 Å². The number of anilines is 2. The topological polar surface area (TPSA) is 131 Å². The number of carbonyl (C=O) groups excluding carboxylic acids is 2. The molecule has 2 amide bonds. The fraction of sp³-hybridized carbons (Fsp3) is 0.182. The average Bonchev–Trinajstić information content (AvgIpc) is 3.34. The second kappa shape index (κ2) is 11.8. The van der Waals surface area contributed by atoms with Crippen LogP contribution in [0.25, 0.3) is 33.2 Å². The maximum absolute atomic E-state index is 12.8. The number of H-pyrrole nitrogens is 1. The summed E-state index contributed by atoms with van der Waals surface area (Å²) in [7, 11) is 0. The maximum atomic E-state index is 12.8. The molecule has 3 heterocycles. The van der Waals surface area contributed by atoms with Gasteiger partial charge >= 0.3 is 6.09 Å². The molecule has 0 fully saturated rings. The molecule has 10 heteroatoms. The van der Waals surface area contributed by atoms with E-state index in [1.54, 1.807) is 39.1 Å². The Labute approximate surface area is 249 Å². The SMILES string of the molecule is C=CC(=O)Nc1cc(C)c(-c2ccc3[nH]nc(NC(=O)OC(C)(C)C)c3c2-c2ccc(Oc3cccc(C)n3)cc2)cn1. The van der Waals surface area contributed by atoms with Crippen molar-refractivity contribution in [2.75, 3.05) is 10.6 Å². The first kappa shape index (κ1) is 29.0. The molecule has 10 nitrogen and oxygen atoms in total. The summed E-state index contributed by atoms with van der Waals surface area (Å²) in [4.78, 5) is 33.5. The average molecular weight is 577 g/mol. The second-order valence-electron chi connectivity index (χ2n) is 10.9. The molecule has 0 saturated carbocycles. The minimum atomic E-state index is -0.683. The van der Waals surface area contributed by atoms with Crippen LogP contribution in [0.1, 0.15) is 32.0 Å². The third-order valence-electron chi connectivity index (χ3n) is 6.42. The van der Waals surface area contributed by atoms with E-state index in [1.165, 1.54) is 6.08 Å². The van der Waals surface area contributed by atoms with Crippen LogP contribution in [0.2, 0.25) is 0 Å². The lowest BCUT2D eigenvalue weighted by molar-refractivity contribution is -0.111. The van der Waals surface area contributed by atoms with Crippen LogP contribution in [0.15, 0.2) is 79.5 Å². The smallest absolute Gasteiger partial charge is 0.413 e. The van der Waals surface area contributed by atoms with Crippen molar-refractivity contribution < 1.29 is 19.1 Å². The number of hydrogen-bond donors (Lipinski definition) is 3. The molecule has 3 aromatic heterocycles. The van der Waals surface area contributed by atoms with E-state index >= 15 is 0 Å². The summed E-state index contributed by atoms with van der Waals surface area (Å²) in [5.74, 6) is 1.51. The van der Waals surface area contributed by atoms with Gasteiger partial charge in [0.1, 0.15) is 17.2 Å². The minimum Gasteiger partial charge on any atom is -0.444 e. The van der Waals surface area contributed by atoms with E-state index in [4.69, 9.17) is 9.47 Å². The van der Waals surface area contributed by atoms with Crippen molar-refractivity contribution in [3.8, 4) is 33.9 Å². The van der Waals surface area contributed by atoms with Gasteiger partial charge in [-0.05, 0) is 87.7 Å². The van der Waals surface area contributed by atoms with Gasteiger partial charge in [-0.1, -0.05) is 30.8 Å².